The molecule has 0 aliphatic heterocycles. The van der Waals surface area contributed by atoms with E-state index in [0.29, 0.717) is 18.6 Å². The van der Waals surface area contributed by atoms with E-state index in [2.05, 4.69) is 5.32 Å². The Morgan fingerprint density at radius 3 is 2.47 bits per heavy atom. The van der Waals surface area contributed by atoms with Gasteiger partial charge in [0.05, 0.1) is 7.11 Å². The molecular weight excluding hydrogens is 242 g/mol. The van der Waals surface area contributed by atoms with E-state index in [1.807, 2.05) is 24.3 Å². The van der Waals surface area contributed by atoms with Crippen LogP contribution in [0.5, 0.6) is 11.5 Å². The molecule has 0 radical (unpaired) electrons. The van der Waals surface area contributed by atoms with Gasteiger partial charge in [0.25, 0.3) is 0 Å². The first kappa shape index (κ1) is 14.2. The van der Waals surface area contributed by atoms with Crippen molar-refractivity contribution in [1.29, 1.82) is 0 Å². The van der Waals surface area contributed by atoms with Gasteiger partial charge in [0.1, 0.15) is 18.1 Å². The number of ether oxygens (including phenoxy) is 2. The van der Waals surface area contributed by atoms with Crippen molar-refractivity contribution in [1.82, 2.24) is 5.32 Å². The number of hydrogen-bond donors (Lipinski definition) is 2. The minimum atomic E-state index is 0.296. The predicted molar refractivity (Wildman–Crippen MR) is 74.7 cm³/mol. The van der Waals surface area contributed by atoms with Gasteiger partial charge in [-0.15, -0.1) is 0 Å². The zero-order valence-electron chi connectivity index (χ0n) is 11.5. The summed E-state index contributed by atoms with van der Waals surface area (Å²) < 4.78 is 10.7. The lowest BCUT2D eigenvalue weighted by Gasteiger charge is -2.14. The second-order valence-corrected chi connectivity index (χ2v) is 5.17. The second kappa shape index (κ2) is 6.78. The smallest absolute Gasteiger partial charge is 0.119 e. The molecule has 1 aromatic carbocycles. The van der Waals surface area contributed by atoms with Crippen LogP contribution in [0.3, 0.4) is 0 Å². The quantitative estimate of drug-likeness (QED) is 0.669. The van der Waals surface area contributed by atoms with Crippen molar-refractivity contribution in [2.24, 2.45) is 5.41 Å². The van der Waals surface area contributed by atoms with Crippen LogP contribution in [0.15, 0.2) is 24.3 Å². The lowest BCUT2D eigenvalue weighted by molar-refractivity contribution is 0.241. The van der Waals surface area contributed by atoms with E-state index in [1.54, 1.807) is 7.11 Å². The van der Waals surface area contributed by atoms with Gasteiger partial charge in [0, 0.05) is 19.7 Å². The third-order valence-corrected chi connectivity index (χ3v) is 3.71. The van der Waals surface area contributed by atoms with Crippen LogP contribution in [-0.2, 0) is 0 Å². The average molecular weight is 265 g/mol. The molecule has 19 heavy (non-hydrogen) atoms. The first-order valence-corrected chi connectivity index (χ1v) is 6.86. The summed E-state index contributed by atoms with van der Waals surface area (Å²) in [5.74, 6) is 1.70. The second-order valence-electron chi connectivity index (χ2n) is 5.17. The van der Waals surface area contributed by atoms with Crippen LogP contribution in [0.25, 0.3) is 0 Å². The van der Waals surface area contributed by atoms with Crippen molar-refractivity contribution in [3.05, 3.63) is 24.3 Å². The Balaban J connectivity index is 1.59. The SMILES string of the molecule is COc1ccc(OCCNCC2(CCO)CC2)cc1. The van der Waals surface area contributed by atoms with Gasteiger partial charge >= 0.3 is 0 Å². The first-order chi connectivity index (χ1) is 9.28. The Morgan fingerprint density at radius 2 is 1.89 bits per heavy atom. The summed E-state index contributed by atoms with van der Waals surface area (Å²) in [6, 6.07) is 7.60. The summed E-state index contributed by atoms with van der Waals surface area (Å²) >= 11 is 0. The number of aliphatic hydroxyl groups is 1. The monoisotopic (exact) mass is 265 g/mol. The maximum atomic E-state index is 8.97. The van der Waals surface area contributed by atoms with E-state index in [4.69, 9.17) is 14.6 Å². The van der Waals surface area contributed by atoms with Crippen molar-refractivity contribution in [3.63, 3.8) is 0 Å². The Kier molecular flexibility index (Phi) is 5.05. The van der Waals surface area contributed by atoms with Gasteiger partial charge in [-0.2, -0.15) is 0 Å². The van der Waals surface area contributed by atoms with Crippen molar-refractivity contribution in [3.8, 4) is 11.5 Å². The van der Waals surface area contributed by atoms with E-state index in [0.717, 1.165) is 31.0 Å². The minimum Gasteiger partial charge on any atom is -0.497 e. The number of nitrogens with one attached hydrogen (secondary N) is 1. The Morgan fingerprint density at radius 1 is 1.21 bits per heavy atom. The molecule has 106 valence electrons. The molecule has 1 fully saturated rings. The van der Waals surface area contributed by atoms with Crippen LogP contribution in [0.4, 0.5) is 0 Å². The molecule has 0 atom stereocenters. The topological polar surface area (TPSA) is 50.7 Å². The molecule has 2 rings (SSSR count). The molecular formula is C15H23NO3. The summed E-state index contributed by atoms with van der Waals surface area (Å²) in [6.07, 6.45) is 3.39. The van der Waals surface area contributed by atoms with Gasteiger partial charge in [-0.1, -0.05) is 0 Å². The molecule has 0 unspecified atom stereocenters. The first-order valence-electron chi connectivity index (χ1n) is 6.86. The van der Waals surface area contributed by atoms with Gasteiger partial charge in [-0.25, -0.2) is 0 Å². The fourth-order valence-electron chi connectivity index (χ4n) is 2.20. The van der Waals surface area contributed by atoms with Gasteiger partial charge in [-0.3, -0.25) is 0 Å². The molecule has 0 bridgehead atoms. The number of hydrogen-bond acceptors (Lipinski definition) is 4. The van der Waals surface area contributed by atoms with E-state index < -0.39 is 0 Å². The zero-order chi connectivity index (χ0) is 13.6. The fraction of sp³-hybridized carbons (Fsp3) is 0.600. The van der Waals surface area contributed by atoms with E-state index >= 15 is 0 Å². The molecule has 4 heteroatoms. The minimum absolute atomic E-state index is 0.296. The molecule has 0 heterocycles. The van der Waals surface area contributed by atoms with Crippen LogP contribution in [0.2, 0.25) is 0 Å². The van der Waals surface area contributed by atoms with Crippen molar-refractivity contribution >= 4 is 0 Å². The zero-order valence-corrected chi connectivity index (χ0v) is 11.5. The summed E-state index contributed by atoms with van der Waals surface area (Å²) in [6.45, 7) is 2.77. The maximum absolute atomic E-state index is 8.97. The van der Waals surface area contributed by atoms with E-state index in [1.165, 1.54) is 12.8 Å². The van der Waals surface area contributed by atoms with Crippen LogP contribution in [0.1, 0.15) is 19.3 Å². The van der Waals surface area contributed by atoms with Gasteiger partial charge < -0.3 is 19.9 Å². The average Bonchev–Trinajstić information content (AvgIpc) is 3.19. The molecule has 0 amide bonds. The highest BCUT2D eigenvalue weighted by molar-refractivity contribution is 5.31. The maximum Gasteiger partial charge on any atom is 0.119 e. The molecule has 0 saturated heterocycles. The molecule has 1 aromatic rings. The lowest BCUT2D eigenvalue weighted by Crippen LogP contribution is -2.28. The van der Waals surface area contributed by atoms with Gasteiger partial charge in [0.15, 0.2) is 0 Å². The third-order valence-electron chi connectivity index (χ3n) is 3.71. The summed E-state index contributed by atoms with van der Waals surface area (Å²) in [5.41, 5.74) is 0.370. The number of rotatable bonds is 9. The van der Waals surface area contributed by atoms with Gasteiger partial charge in [0.2, 0.25) is 0 Å². The predicted octanol–water partition coefficient (Wildman–Crippen LogP) is 1.83. The highest BCUT2D eigenvalue weighted by atomic mass is 16.5. The highest BCUT2D eigenvalue weighted by Gasteiger charge is 2.41. The highest BCUT2D eigenvalue weighted by Crippen LogP contribution is 2.47. The Hall–Kier alpha value is -1.26. The van der Waals surface area contributed by atoms with Crippen LogP contribution in [0, 0.1) is 5.41 Å². The standard InChI is InChI=1S/C15H23NO3/c1-18-13-2-4-14(5-3-13)19-11-9-16-12-15(6-7-15)8-10-17/h2-5,16-17H,6-12H2,1H3. The van der Waals surface area contributed by atoms with Crippen LogP contribution < -0.4 is 14.8 Å². The number of methoxy groups -OCH3 is 1. The van der Waals surface area contributed by atoms with Crippen LogP contribution >= 0.6 is 0 Å². The van der Waals surface area contributed by atoms with Crippen molar-refractivity contribution < 1.29 is 14.6 Å². The largest absolute Gasteiger partial charge is 0.497 e. The molecule has 1 aliphatic rings. The molecule has 4 nitrogen and oxygen atoms in total. The molecule has 0 aromatic heterocycles. The summed E-state index contributed by atoms with van der Waals surface area (Å²) in [7, 11) is 1.65. The number of aliphatic hydroxyl groups excluding tert-OH is 1. The number of benzene rings is 1. The lowest BCUT2D eigenvalue weighted by atomic mass is 10.0. The molecule has 1 saturated carbocycles. The van der Waals surface area contributed by atoms with Crippen molar-refractivity contribution in [2.75, 3.05) is 33.4 Å². The summed E-state index contributed by atoms with van der Waals surface area (Å²) in [4.78, 5) is 0. The van der Waals surface area contributed by atoms with Crippen LogP contribution in [-0.4, -0.2) is 38.5 Å². The normalized spacial score (nSPS) is 16.1. The molecule has 2 N–H and O–H groups in total. The Labute approximate surface area is 114 Å². The summed E-state index contributed by atoms with van der Waals surface area (Å²) in [5, 5.41) is 12.4. The van der Waals surface area contributed by atoms with Crippen molar-refractivity contribution in [2.45, 2.75) is 19.3 Å². The van der Waals surface area contributed by atoms with Gasteiger partial charge in [-0.05, 0) is 48.9 Å². The third kappa shape index (κ3) is 4.40. The Bertz CT molecular complexity index is 373. The van der Waals surface area contributed by atoms with E-state index in [9.17, 15) is 0 Å². The molecule has 1 aliphatic carbocycles. The molecule has 0 spiro atoms. The van der Waals surface area contributed by atoms with E-state index in [-0.39, 0.29) is 0 Å². The fourth-order valence-corrected chi connectivity index (χ4v) is 2.20.